The molecule has 1 N–H and O–H groups in total. The van der Waals surface area contributed by atoms with Gasteiger partial charge in [-0.25, -0.2) is 8.78 Å². The lowest BCUT2D eigenvalue weighted by atomic mass is 10.1. The van der Waals surface area contributed by atoms with Gasteiger partial charge in [0.05, 0.1) is 0 Å². The van der Waals surface area contributed by atoms with Crippen molar-refractivity contribution in [2.45, 2.75) is 24.4 Å². The van der Waals surface area contributed by atoms with Crippen LogP contribution in [0.1, 0.15) is 17.0 Å². The summed E-state index contributed by atoms with van der Waals surface area (Å²) in [6, 6.07) is 0. The Morgan fingerprint density at radius 1 is 1.40 bits per heavy atom. The molecule has 7 heteroatoms. The highest BCUT2D eigenvalue weighted by Crippen LogP contribution is 2.65. The average molecular weight is 224 g/mol. The molecule has 1 heterocycles. The second-order valence-electron chi connectivity index (χ2n) is 3.90. The van der Waals surface area contributed by atoms with Gasteiger partial charge in [0.15, 0.2) is 11.4 Å². The van der Waals surface area contributed by atoms with Crippen LogP contribution in [0.15, 0.2) is 0 Å². The minimum Gasteiger partial charge on any atom is -0.282 e. The molecular formula is C8H5F5N2. The molecule has 3 atom stereocenters. The number of rotatable bonds is 0. The number of aromatic amines is 1. The summed E-state index contributed by atoms with van der Waals surface area (Å²) in [5, 5.41) is 5.13. The van der Waals surface area contributed by atoms with Gasteiger partial charge < -0.3 is 0 Å². The molecule has 82 valence electrons. The summed E-state index contributed by atoms with van der Waals surface area (Å²) < 4.78 is 63.9. The van der Waals surface area contributed by atoms with Gasteiger partial charge in [-0.15, -0.1) is 0 Å². The van der Waals surface area contributed by atoms with Crippen LogP contribution < -0.4 is 0 Å². The largest absolute Gasteiger partial charge is 0.435 e. The molecule has 0 saturated heterocycles. The second kappa shape index (κ2) is 2.17. The zero-order valence-electron chi connectivity index (χ0n) is 7.20. The summed E-state index contributed by atoms with van der Waals surface area (Å²) in [5.41, 5.74) is -4.31. The monoisotopic (exact) mass is 224 g/mol. The van der Waals surface area contributed by atoms with E-state index in [1.54, 1.807) is 0 Å². The van der Waals surface area contributed by atoms with E-state index in [2.05, 4.69) is 10.2 Å². The van der Waals surface area contributed by atoms with Crippen molar-refractivity contribution in [1.29, 1.82) is 0 Å². The average Bonchev–Trinajstić information content (AvgIpc) is 2.56. The van der Waals surface area contributed by atoms with E-state index in [1.165, 1.54) is 0 Å². The Morgan fingerprint density at radius 3 is 2.67 bits per heavy atom. The van der Waals surface area contributed by atoms with Crippen molar-refractivity contribution < 1.29 is 22.0 Å². The lowest BCUT2D eigenvalue weighted by molar-refractivity contribution is -0.142. The van der Waals surface area contributed by atoms with Gasteiger partial charge in [0.2, 0.25) is 0 Å². The van der Waals surface area contributed by atoms with Crippen LogP contribution in [0.5, 0.6) is 0 Å². The first kappa shape index (κ1) is 9.11. The number of aromatic nitrogens is 2. The second-order valence-corrected chi connectivity index (χ2v) is 3.90. The molecule has 3 rings (SSSR count). The van der Waals surface area contributed by atoms with Gasteiger partial charge in [-0.2, -0.15) is 18.3 Å². The molecule has 1 fully saturated rings. The Bertz CT molecular complexity index is 437. The number of halogens is 5. The van der Waals surface area contributed by atoms with E-state index >= 15 is 0 Å². The molecule has 0 bridgehead atoms. The molecule has 0 aliphatic heterocycles. The quantitative estimate of drug-likeness (QED) is 0.672. The molecule has 0 spiro atoms. The maximum Gasteiger partial charge on any atom is 0.435 e. The first-order chi connectivity index (χ1) is 6.87. The maximum atomic E-state index is 13.8. The number of nitrogens with zero attached hydrogens (tertiary/aromatic N) is 1. The number of hydrogen-bond acceptors (Lipinski definition) is 1. The fourth-order valence-electron chi connectivity index (χ4n) is 2.32. The van der Waals surface area contributed by atoms with E-state index in [-0.39, 0.29) is 12.1 Å². The molecule has 1 aromatic heterocycles. The first-order valence-corrected chi connectivity index (χ1v) is 4.34. The van der Waals surface area contributed by atoms with Gasteiger partial charge in [0.1, 0.15) is 6.17 Å². The topological polar surface area (TPSA) is 28.7 Å². The number of hydrogen-bond donors (Lipinski definition) is 1. The molecule has 1 saturated carbocycles. The highest BCUT2D eigenvalue weighted by molar-refractivity contribution is 5.48. The summed E-state index contributed by atoms with van der Waals surface area (Å²) in [6.07, 6.45) is -6.58. The van der Waals surface area contributed by atoms with E-state index in [4.69, 9.17) is 0 Å². The van der Waals surface area contributed by atoms with E-state index in [0.29, 0.717) is 0 Å². The molecule has 3 unspecified atom stereocenters. The molecule has 2 nitrogen and oxygen atoms in total. The third-order valence-corrected chi connectivity index (χ3v) is 3.10. The lowest BCUT2D eigenvalue weighted by Crippen LogP contribution is -2.14. The van der Waals surface area contributed by atoms with Gasteiger partial charge in [-0.1, -0.05) is 0 Å². The Balaban J connectivity index is 2.16. The molecule has 0 radical (unpaired) electrons. The van der Waals surface area contributed by atoms with E-state index in [9.17, 15) is 22.0 Å². The Kier molecular flexibility index (Phi) is 1.32. The molecule has 2 aliphatic rings. The van der Waals surface area contributed by atoms with Crippen molar-refractivity contribution in [2.75, 3.05) is 0 Å². The van der Waals surface area contributed by atoms with Crippen LogP contribution in [0.4, 0.5) is 22.0 Å². The molecule has 2 aliphatic carbocycles. The van der Waals surface area contributed by atoms with Crippen LogP contribution in [0.3, 0.4) is 0 Å². The van der Waals surface area contributed by atoms with Crippen LogP contribution in [-0.2, 0) is 18.3 Å². The fraction of sp³-hybridized carbons (Fsp3) is 0.625. The molecule has 0 amide bonds. The van der Waals surface area contributed by atoms with E-state index in [1.807, 2.05) is 0 Å². The number of alkyl halides is 5. The number of fused-ring (bicyclic) bond motifs is 3. The standard InChI is InChI=1S/C8H5F5N2/c9-5-2-1-3-4(7(2,5)10)6(15-14-3)8(11,12)13/h2,5H,1H2,(H,14,15). The third-order valence-electron chi connectivity index (χ3n) is 3.10. The summed E-state index contributed by atoms with van der Waals surface area (Å²) in [5.74, 6) is -0.956. The fourth-order valence-corrected chi connectivity index (χ4v) is 2.32. The SMILES string of the molecule is FC1C2Cc3[nH]nc(C(F)(F)F)c3C12F. The van der Waals surface area contributed by atoms with Gasteiger partial charge in [-0.3, -0.25) is 5.10 Å². The summed E-state index contributed by atoms with van der Waals surface area (Å²) in [7, 11) is 0. The molecule has 15 heavy (non-hydrogen) atoms. The maximum absolute atomic E-state index is 13.8. The zero-order chi connectivity index (χ0) is 11.0. The van der Waals surface area contributed by atoms with Gasteiger partial charge in [0.25, 0.3) is 0 Å². The Hall–Kier alpha value is -1.14. The van der Waals surface area contributed by atoms with Crippen LogP contribution in [0, 0.1) is 5.92 Å². The Labute approximate surface area is 80.5 Å². The van der Waals surface area contributed by atoms with Crippen molar-refractivity contribution in [3.63, 3.8) is 0 Å². The van der Waals surface area contributed by atoms with Gasteiger partial charge in [0, 0.05) is 17.2 Å². The summed E-state index contributed by atoms with van der Waals surface area (Å²) in [6.45, 7) is 0. The highest BCUT2D eigenvalue weighted by Gasteiger charge is 2.75. The predicted octanol–water partition coefficient (Wildman–Crippen LogP) is 2.12. The molecular weight excluding hydrogens is 219 g/mol. The minimum absolute atomic E-state index is 0.0317. The summed E-state index contributed by atoms with van der Waals surface area (Å²) in [4.78, 5) is 0. The smallest absolute Gasteiger partial charge is 0.282 e. The summed E-state index contributed by atoms with van der Waals surface area (Å²) >= 11 is 0. The zero-order valence-corrected chi connectivity index (χ0v) is 7.20. The van der Waals surface area contributed by atoms with Crippen molar-refractivity contribution in [1.82, 2.24) is 10.2 Å². The van der Waals surface area contributed by atoms with Crippen molar-refractivity contribution >= 4 is 0 Å². The molecule has 1 aromatic rings. The van der Waals surface area contributed by atoms with Crippen LogP contribution in [0.2, 0.25) is 0 Å². The minimum atomic E-state index is -4.74. The molecule has 0 aromatic carbocycles. The highest BCUT2D eigenvalue weighted by atomic mass is 19.4. The number of nitrogens with one attached hydrogen (secondary N) is 1. The van der Waals surface area contributed by atoms with E-state index in [0.717, 1.165) is 0 Å². The van der Waals surface area contributed by atoms with Gasteiger partial charge >= 0.3 is 6.18 Å². The number of H-pyrrole nitrogens is 1. The Morgan fingerprint density at radius 2 is 2.07 bits per heavy atom. The van der Waals surface area contributed by atoms with Crippen LogP contribution >= 0.6 is 0 Å². The van der Waals surface area contributed by atoms with Crippen LogP contribution in [0.25, 0.3) is 0 Å². The van der Waals surface area contributed by atoms with E-state index < -0.39 is 35.2 Å². The lowest BCUT2D eigenvalue weighted by Gasteiger charge is -2.07. The predicted molar refractivity (Wildman–Crippen MR) is 38.5 cm³/mol. The van der Waals surface area contributed by atoms with Crippen molar-refractivity contribution in [2.24, 2.45) is 5.92 Å². The first-order valence-electron chi connectivity index (χ1n) is 4.34. The normalized spacial score (nSPS) is 37.7. The van der Waals surface area contributed by atoms with Crippen LogP contribution in [-0.4, -0.2) is 16.4 Å². The van der Waals surface area contributed by atoms with Gasteiger partial charge in [-0.05, 0) is 6.42 Å². The van der Waals surface area contributed by atoms with Crippen molar-refractivity contribution in [3.05, 3.63) is 17.0 Å². The third kappa shape index (κ3) is 0.866. The van der Waals surface area contributed by atoms with Crippen molar-refractivity contribution in [3.8, 4) is 0 Å².